The smallest absolute Gasteiger partial charge is 0.220 e. The van der Waals surface area contributed by atoms with Gasteiger partial charge in [-0.1, -0.05) is 25.6 Å². The van der Waals surface area contributed by atoms with Crippen LogP contribution in [0, 0.1) is 0 Å². The van der Waals surface area contributed by atoms with Crippen LogP contribution in [0.1, 0.15) is 39.5 Å². The van der Waals surface area contributed by atoms with E-state index >= 15 is 0 Å². The van der Waals surface area contributed by atoms with Crippen LogP contribution in [0.4, 0.5) is 0 Å². The summed E-state index contributed by atoms with van der Waals surface area (Å²) >= 11 is 1.82. The quantitative estimate of drug-likeness (QED) is 0.804. The van der Waals surface area contributed by atoms with E-state index in [0.717, 1.165) is 30.2 Å². The number of hydrogen-bond acceptors (Lipinski definition) is 3. The molecule has 2 N–H and O–H groups in total. The van der Waals surface area contributed by atoms with Gasteiger partial charge in [0.25, 0.3) is 0 Å². The standard InChI is InChI=1S/C12H21N3OS/c1-3-12(4-2)8-17-11(15-12)14-9-5-6-10(16)13-7-9/h9H,3-8H2,1-2H3,(H,13,16)(H,14,15). The van der Waals surface area contributed by atoms with Gasteiger partial charge in [0.1, 0.15) is 0 Å². The molecule has 5 heteroatoms. The molecule has 17 heavy (non-hydrogen) atoms. The molecule has 1 unspecified atom stereocenters. The Hall–Kier alpha value is -0.710. The summed E-state index contributed by atoms with van der Waals surface area (Å²) in [6, 6.07) is 0.257. The predicted molar refractivity (Wildman–Crippen MR) is 72.4 cm³/mol. The van der Waals surface area contributed by atoms with E-state index < -0.39 is 0 Å². The second-order valence-corrected chi connectivity index (χ2v) is 5.80. The van der Waals surface area contributed by atoms with Gasteiger partial charge in [-0.3, -0.25) is 9.79 Å². The molecule has 4 nitrogen and oxygen atoms in total. The van der Waals surface area contributed by atoms with Gasteiger partial charge in [0.05, 0.1) is 6.04 Å². The van der Waals surface area contributed by atoms with E-state index in [4.69, 9.17) is 4.99 Å². The lowest BCUT2D eigenvalue weighted by Crippen LogP contribution is -2.43. The van der Waals surface area contributed by atoms with Crippen molar-refractivity contribution in [3.8, 4) is 0 Å². The highest BCUT2D eigenvalue weighted by atomic mass is 32.2. The highest BCUT2D eigenvalue weighted by Crippen LogP contribution is 2.29. The van der Waals surface area contributed by atoms with Crippen LogP contribution < -0.4 is 10.6 Å². The van der Waals surface area contributed by atoms with Crippen LogP contribution >= 0.6 is 11.8 Å². The predicted octanol–water partition coefficient (Wildman–Crippen LogP) is 1.52. The van der Waals surface area contributed by atoms with Crippen molar-refractivity contribution < 1.29 is 4.79 Å². The molecular weight excluding hydrogens is 234 g/mol. The van der Waals surface area contributed by atoms with E-state index in [0.29, 0.717) is 13.0 Å². The minimum absolute atomic E-state index is 0.157. The van der Waals surface area contributed by atoms with E-state index in [9.17, 15) is 4.79 Å². The number of thioether (sulfide) groups is 1. The van der Waals surface area contributed by atoms with Crippen molar-refractivity contribution >= 4 is 22.8 Å². The van der Waals surface area contributed by atoms with Crippen LogP contribution in [0.3, 0.4) is 0 Å². The Morgan fingerprint density at radius 1 is 1.47 bits per heavy atom. The van der Waals surface area contributed by atoms with Crippen LogP contribution in [0.15, 0.2) is 4.99 Å². The molecule has 96 valence electrons. The molecule has 1 amide bonds. The molecule has 2 fully saturated rings. The first-order valence-electron chi connectivity index (χ1n) is 6.43. The fourth-order valence-corrected chi connectivity index (χ4v) is 3.61. The summed E-state index contributed by atoms with van der Waals surface area (Å²) < 4.78 is 0. The molecule has 0 bridgehead atoms. The number of amides is 1. The number of nitrogens with one attached hydrogen (secondary N) is 2. The average molecular weight is 255 g/mol. The zero-order valence-electron chi connectivity index (χ0n) is 10.6. The first-order chi connectivity index (χ1) is 8.17. The lowest BCUT2D eigenvalue weighted by molar-refractivity contribution is -0.122. The minimum Gasteiger partial charge on any atom is -0.359 e. The van der Waals surface area contributed by atoms with E-state index in [-0.39, 0.29) is 17.5 Å². The lowest BCUT2D eigenvalue weighted by Gasteiger charge is -2.26. The van der Waals surface area contributed by atoms with Gasteiger partial charge in [-0.2, -0.15) is 0 Å². The number of aliphatic imine (C=N–C) groups is 1. The van der Waals surface area contributed by atoms with Gasteiger partial charge in [0.2, 0.25) is 5.91 Å². The molecule has 2 saturated heterocycles. The zero-order chi connectivity index (χ0) is 12.3. The summed E-state index contributed by atoms with van der Waals surface area (Å²) in [5.74, 6) is 1.27. The van der Waals surface area contributed by atoms with Crippen LogP contribution in [-0.2, 0) is 4.79 Å². The third-order valence-corrected chi connectivity index (χ3v) is 4.93. The van der Waals surface area contributed by atoms with Crippen molar-refractivity contribution in [3.63, 3.8) is 0 Å². The van der Waals surface area contributed by atoms with Gasteiger partial charge in [-0.05, 0) is 19.3 Å². The van der Waals surface area contributed by atoms with E-state index in [1.165, 1.54) is 0 Å². The number of carbonyl (C=O) groups excluding carboxylic acids is 1. The van der Waals surface area contributed by atoms with Crippen molar-refractivity contribution in [1.82, 2.24) is 10.6 Å². The first-order valence-corrected chi connectivity index (χ1v) is 7.41. The van der Waals surface area contributed by atoms with Crippen molar-refractivity contribution in [3.05, 3.63) is 0 Å². The Labute approximate surface area is 107 Å². The SMILES string of the molecule is CCC1(CC)CSC(=NC2CCC(=O)NC2)N1. The van der Waals surface area contributed by atoms with E-state index in [1.54, 1.807) is 0 Å². The monoisotopic (exact) mass is 255 g/mol. The van der Waals surface area contributed by atoms with Gasteiger partial charge in [0, 0.05) is 24.3 Å². The molecule has 0 radical (unpaired) electrons. The summed E-state index contributed by atoms with van der Waals surface area (Å²) in [5, 5.41) is 7.50. The molecule has 1 atom stereocenters. The Morgan fingerprint density at radius 2 is 2.24 bits per heavy atom. The summed E-state index contributed by atoms with van der Waals surface area (Å²) in [6.45, 7) is 5.14. The molecule has 2 heterocycles. The third-order valence-electron chi connectivity index (χ3n) is 3.75. The van der Waals surface area contributed by atoms with Crippen molar-refractivity contribution in [2.75, 3.05) is 12.3 Å². The summed E-state index contributed by atoms with van der Waals surface area (Å²) in [6.07, 6.45) is 3.76. The number of hydrogen-bond donors (Lipinski definition) is 2. The van der Waals surface area contributed by atoms with E-state index in [2.05, 4.69) is 24.5 Å². The van der Waals surface area contributed by atoms with Crippen LogP contribution in [0.25, 0.3) is 0 Å². The second kappa shape index (κ2) is 5.29. The molecule has 2 rings (SSSR count). The van der Waals surface area contributed by atoms with Crippen LogP contribution in [0.5, 0.6) is 0 Å². The molecule has 0 aliphatic carbocycles. The van der Waals surface area contributed by atoms with Crippen molar-refractivity contribution in [1.29, 1.82) is 0 Å². The maximum Gasteiger partial charge on any atom is 0.220 e. The highest BCUT2D eigenvalue weighted by molar-refractivity contribution is 8.14. The normalized spacial score (nSPS) is 30.1. The Morgan fingerprint density at radius 3 is 2.76 bits per heavy atom. The average Bonchev–Trinajstić information content (AvgIpc) is 2.76. The zero-order valence-corrected chi connectivity index (χ0v) is 11.4. The molecule has 0 aromatic heterocycles. The first kappa shape index (κ1) is 12.7. The Balaban J connectivity index is 1.93. The van der Waals surface area contributed by atoms with Gasteiger partial charge in [-0.25, -0.2) is 0 Å². The fraction of sp³-hybridized carbons (Fsp3) is 0.833. The van der Waals surface area contributed by atoms with Crippen molar-refractivity contribution in [2.24, 2.45) is 4.99 Å². The molecule has 2 aliphatic heterocycles. The number of amidine groups is 1. The van der Waals surface area contributed by atoms with Gasteiger partial charge in [-0.15, -0.1) is 0 Å². The van der Waals surface area contributed by atoms with Crippen LogP contribution in [-0.4, -0.2) is 35.0 Å². The highest BCUT2D eigenvalue weighted by Gasteiger charge is 2.34. The summed E-state index contributed by atoms with van der Waals surface area (Å²) in [7, 11) is 0. The molecule has 2 aliphatic rings. The number of nitrogens with zero attached hydrogens (tertiary/aromatic N) is 1. The number of rotatable bonds is 3. The molecular formula is C12H21N3OS. The number of carbonyl (C=O) groups is 1. The number of piperidine rings is 1. The van der Waals surface area contributed by atoms with Gasteiger partial charge < -0.3 is 10.6 Å². The van der Waals surface area contributed by atoms with Crippen LogP contribution in [0.2, 0.25) is 0 Å². The Bertz CT molecular complexity index is 316. The summed E-state index contributed by atoms with van der Waals surface area (Å²) in [4.78, 5) is 15.8. The summed E-state index contributed by atoms with van der Waals surface area (Å²) in [5.41, 5.74) is 0.238. The topological polar surface area (TPSA) is 53.5 Å². The third kappa shape index (κ3) is 2.94. The maximum absolute atomic E-state index is 11.1. The van der Waals surface area contributed by atoms with E-state index in [1.807, 2.05) is 11.8 Å². The largest absolute Gasteiger partial charge is 0.359 e. The molecule has 0 spiro atoms. The van der Waals surface area contributed by atoms with Gasteiger partial charge in [0.15, 0.2) is 5.17 Å². The van der Waals surface area contributed by atoms with Gasteiger partial charge >= 0.3 is 0 Å². The molecule has 0 aromatic carbocycles. The fourth-order valence-electron chi connectivity index (χ4n) is 2.20. The minimum atomic E-state index is 0.157. The molecule has 0 saturated carbocycles. The molecule has 0 aromatic rings. The maximum atomic E-state index is 11.1. The Kier molecular flexibility index (Phi) is 3.97. The second-order valence-electron chi connectivity index (χ2n) is 4.83. The lowest BCUT2D eigenvalue weighted by atomic mass is 9.96. The van der Waals surface area contributed by atoms with Crippen molar-refractivity contribution in [2.45, 2.75) is 51.1 Å².